The summed E-state index contributed by atoms with van der Waals surface area (Å²) < 4.78 is 0. The van der Waals surface area contributed by atoms with E-state index in [9.17, 15) is 14.9 Å². The van der Waals surface area contributed by atoms with E-state index in [1.807, 2.05) is 18.7 Å². The zero-order valence-electron chi connectivity index (χ0n) is 11.7. The number of benzene rings is 1. The van der Waals surface area contributed by atoms with Crippen LogP contribution >= 0.6 is 0 Å². The average Bonchev–Trinajstić information content (AvgIpc) is 2.37. The number of nitrogen functional groups attached to an aromatic ring is 1. The molecule has 0 aliphatic carbocycles. The second-order valence-corrected chi connectivity index (χ2v) is 5.37. The second kappa shape index (κ2) is 5.48. The summed E-state index contributed by atoms with van der Waals surface area (Å²) in [6.45, 7) is 4.06. The number of hydrogen-bond donors (Lipinski definition) is 1. The molecule has 1 fully saturated rings. The molecule has 1 amide bonds. The fourth-order valence-corrected chi connectivity index (χ4v) is 2.82. The SMILES string of the molecule is CC1CCCC(C)N1C(=O)c1ccc([N+](=O)[O-])c(N)c1. The molecule has 1 aromatic rings. The Morgan fingerprint density at radius 2 is 1.95 bits per heavy atom. The maximum absolute atomic E-state index is 12.6. The molecule has 2 N–H and O–H groups in total. The largest absolute Gasteiger partial charge is 0.393 e. The van der Waals surface area contributed by atoms with E-state index < -0.39 is 4.92 Å². The van der Waals surface area contributed by atoms with Crippen molar-refractivity contribution >= 4 is 17.3 Å². The van der Waals surface area contributed by atoms with E-state index in [1.165, 1.54) is 18.2 Å². The van der Waals surface area contributed by atoms with Gasteiger partial charge in [-0.3, -0.25) is 14.9 Å². The summed E-state index contributed by atoms with van der Waals surface area (Å²) in [5, 5.41) is 10.7. The van der Waals surface area contributed by atoms with E-state index in [2.05, 4.69) is 0 Å². The van der Waals surface area contributed by atoms with Crippen molar-refractivity contribution in [3.63, 3.8) is 0 Å². The maximum atomic E-state index is 12.6. The van der Waals surface area contributed by atoms with Crippen LogP contribution in [0.2, 0.25) is 0 Å². The number of nitrogens with zero attached hydrogens (tertiary/aromatic N) is 2. The molecule has 1 heterocycles. The maximum Gasteiger partial charge on any atom is 0.292 e. The zero-order chi connectivity index (χ0) is 14.9. The van der Waals surface area contributed by atoms with Crippen LogP contribution in [-0.2, 0) is 0 Å². The molecule has 1 aliphatic heterocycles. The van der Waals surface area contributed by atoms with E-state index in [0.29, 0.717) is 5.56 Å². The number of nitro groups is 1. The first-order valence-electron chi connectivity index (χ1n) is 6.78. The molecule has 1 aliphatic rings. The van der Waals surface area contributed by atoms with Gasteiger partial charge < -0.3 is 10.6 Å². The molecule has 108 valence electrons. The minimum absolute atomic E-state index is 0.0261. The number of amides is 1. The lowest BCUT2D eigenvalue weighted by atomic mass is 9.96. The summed E-state index contributed by atoms with van der Waals surface area (Å²) in [5.74, 6) is -0.105. The number of anilines is 1. The van der Waals surface area contributed by atoms with Crippen molar-refractivity contribution in [3.05, 3.63) is 33.9 Å². The van der Waals surface area contributed by atoms with E-state index >= 15 is 0 Å². The van der Waals surface area contributed by atoms with Crippen molar-refractivity contribution < 1.29 is 9.72 Å². The highest BCUT2D eigenvalue weighted by molar-refractivity contribution is 5.96. The molecular weight excluding hydrogens is 258 g/mol. The smallest absolute Gasteiger partial charge is 0.292 e. The topological polar surface area (TPSA) is 89.5 Å². The third kappa shape index (κ3) is 2.59. The Hall–Kier alpha value is -2.11. The van der Waals surface area contributed by atoms with Gasteiger partial charge in [-0.25, -0.2) is 0 Å². The quantitative estimate of drug-likeness (QED) is 0.511. The number of carbonyl (C=O) groups is 1. The Kier molecular flexibility index (Phi) is 3.92. The first-order chi connectivity index (χ1) is 9.41. The Balaban J connectivity index is 2.29. The summed E-state index contributed by atoms with van der Waals surface area (Å²) >= 11 is 0. The number of rotatable bonds is 2. The summed E-state index contributed by atoms with van der Waals surface area (Å²) in [6.07, 6.45) is 3.09. The van der Waals surface area contributed by atoms with Crippen LogP contribution in [0.4, 0.5) is 11.4 Å². The van der Waals surface area contributed by atoms with Gasteiger partial charge in [0.2, 0.25) is 0 Å². The van der Waals surface area contributed by atoms with Gasteiger partial charge >= 0.3 is 0 Å². The minimum Gasteiger partial charge on any atom is -0.393 e. The van der Waals surface area contributed by atoms with Gasteiger partial charge in [-0.1, -0.05) is 0 Å². The van der Waals surface area contributed by atoms with Gasteiger partial charge in [0.05, 0.1) is 4.92 Å². The molecule has 2 atom stereocenters. The Morgan fingerprint density at radius 3 is 2.45 bits per heavy atom. The molecule has 2 unspecified atom stereocenters. The van der Waals surface area contributed by atoms with Gasteiger partial charge in [-0.05, 0) is 45.2 Å². The molecule has 0 spiro atoms. The Labute approximate surface area is 117 Å². The third-order valence-electron chi connectivity index (χ3n) is 3.90. The van der Waals surface area contributed by atoms with Crippen LogP contribution in [0.25, 0.3) is 0 Å². The number of nitrogens with two attached hydrogens (primary N) is 1. The molecule has 6 heteroatoms. The van der Waals surface area contributed by atoms with Crippen molar-refractivity contribution in [2.24, 2.45) is 0 Å². The van der Waals surface area contributed by atoms with Crippen molar-refractivity contribution in [3.8, 4) is 0 Å². The van der Waals surface area contributed by atoms with Crippen molar-refractivity contribution in [1.29, 1.82) is 0 Å². The minimum atomic E-state index is -0.546. The van der Waals surface area contributed by atoms with Crippen molar-refractivity contribution in [2.45, 2.75) is 45.2 Å². The summed E-state index contributed by atoms with van der Waals surface area (Å²) in [7, 11) is 0. The third-order valence-corrected chi connectivity index (χ3v) is 3.90. The molecule has 0 saturated carbocycles. The number of piperidine rings is 1. The summed E-state index contributed by atoms with van der Waals surface area (Å²) in [6, 6.07) is 4.53. The highest BCUT2D eigenvalue weighted by Gasteiger charge is 2.30. The van der Waals surface area contributed by atoms with E-state index in [-0.39, 0.29) is 29.4 Å². The van der Waals surface area contributed by atoms with Crippen LogP contribution in [0.15, 0.2) is 18.2 Å². The standard InChI is InChI=1S/C14H19N3O3/c1-9-4-3-5-10(2)16(9)14(18)11-6-7-13(17(19)20)12(15)8-11/h6-10H,3-5,15H2,1-2H3. The van der Waals surface area contributed by atoms with Crippen LogP contribution in [0.3, 0.4) is 0 Å². The molecule has 1 saturated heterocycles. The van der Waals surface area contributed by atoms with Crippen molar-refractivity contribution in [1.82, 2.24) is 4.90 Å². The molecule has 2 rings (SSSR count). The predicted molar refractivity (Wildman–Crippen MR) is 76.5 cm³/mol. The number of nitro benzene ring substituents is 1. The fraction of sp³-hybridized carbons (Fsp3) is 0.500. The molecule has 0 aromatic heterocycles. The predicted octanol–water partition coefficient (Wildman–Crippen LogP) is 2.58. The van der Waals surface area contributed by atoms with E-state index in [4.69, 9.17) is 5.73 Å². The molecule has 1 aromatic carbocycles. The van der Waals surface area contributed by atoms with Crippen LogP contribution < -0.4 is 5.73 Å². The summed E-state index contributed by atoms with van der Waals surface area (Å²) in [4.78, 5) is 24.6. The van der Waals surface area contributed by atoms with Gasteiger partial charge in [0.25, 0.3) is 11.6 Å². The molecule has 0 bridgehead atoms. The van der Waals surface area contributed by atoms with Gasteiger partial charge in [-0.15, -0.1) is 0 Å². The highest BCUT2D eigenvalue weighted by Crippen LogP contribution is 2.27. The van der Waals surface area contributed by atoms with Crippen LogP contribution in [-0.4, -0.2) is 27.8 Å². The van der Waals surface area contributed by atoms with Crippen LogP contribution in [0.5, 0.6) is 0 Å². The lowest BCUT2D eigenvalue weighted by Crippen LogP contribution is -2.47. The highest BCUT2D eigenvalue weighted by atomic mass is 16.6. The van der Waals surface area contributed by atoms with Gasteiger partial charge in [0, 0.05) is 23.7 Å². The fourth-order valence-electron chi connectivity index (χ4n) is 2.82. The molecule has 0 radical (unpaired) electrons. The molecular formula is C14H19N3O3. The van der Waals surface area contributed by atoms with Gasteiger partial charge in [0.1, 0.15) is 5.69 Å². The number of likely N-dealkylation sites (tertiary alicyclic amines) is 1. The average molecular weight is 277 g/mol. The monoisotopic (exact) mass is 277 g/mol. The van der Waals surface area contributed by atoms with Gasteiger partial charge in [0.15, 0.2) is 0 Å². The lowest BCUT2D eigenvalue weighted by molar-refractivity contribution is -0.383. The first-order valence-corrected chi connectivity index (χ1v) is 6.78. The Morgan fingerprint density at radius 1 is 1.35 bits per heavy atom. The number of carbonyl (C=O) groups excluding carboxylic acids is 1. The van der Waals surface area contributed by atoms with Crippen molar-refractivity contribution in [2.75, 3.05) is 5.73 Å². The molecule has 20 heavy (non-hydrogen) atoms. The van der Waals surface area contributed by atoms with Gasteiger partial charge in [-0.2, -0.15) is 0 Å². The number of hydrogen-bond acceptors (Lipinski definition) is 4. The summed E-state index contributed by atoms with van der Waals surface area (Å²) in [5.41, 5.74) is 5.92. The normalized spacial score (nSPS) is 22.6. The Bertz CT molecular complexity index is 534. The van der Waals surface area contributed by atoms with Crippen LogP contribution in [0.1, 0.15) is 43.5 Å². The second-order valence-electron chi connectivity index (χ2n) is 5.37. The van der Waals surface area contributed by atoms with Crippen LogP contribution in [0, 0.1) is 10.1 Å². The van der Waals surface area contributed by atoms with E-state index in [0.717, 1.165) is 19.3 Å². The lowest BCUT2D eigenvalue weighted by Gasteiger charge is -2.39. The first kappa shape index (κ1) is 14.3. The molecule has 6 nitrogen and oxygen atoms in total. The van der Waals surface area contributed by atoms with E-state index in [1.54, 1.807) is 0 Å². The zero-order valence-corrected chi connectivity index (χ0v) is 11.7.